The molecular weight excluding hydrogens is 316 g/mol. The zero-order chi connectivity index (χ0) is 18.0. The predicted molar refractivity (Wildman–Crippen MR) is 98.7 cm³/mol. The first-order valence-electron chi connectivity index (χ1n) is 9.16. The molecule has 3 amide bonds. The maximum absolute atomic E-state index is 12.7. The first-order valence-corrected chi connectivity index (χ1v) is 9.16. The van der Waals surface area contributed by atoms with Crippen molar-refractivity contribution in [1.29, 1.82) is 0 Å². The van der Waals surface area contributed by atoms with Crippen molar-refractivity contribution in [3.05, 3.63) is 29.8 Å². The number of piperidine rings is 1. The van der Waals surface area contributed by atoms with Crippen molar-refractivity contribution < 1.29 is 9.59 Å². The SMILES string of the molecule is C[C@@H]1CC[C@@H](C)N(C(=O)N[C@H]2CCN(c3ccccc3C(N)=O)C2)C1. The lowest BCUT2D eigenvalue weighted by Crippen LogP contribution is -2.52. The molecule has 6 heteroatoms. The number of hydrogen-bond donors (Lipinski definition) is 2. The summed E-state index contributed by atoms with van der Waals surface area (Å²) in [5.41, 5.74) is 6.87. The monoisotopic (exact) mass is 344 g/mol. The Morgan fingerprint density at radius 1 is 1.12 bits per heavy atom. The fourth-order valence-corrected chi connectivity index (χ4v) is 3.88. The highest BCUT2D eigenvalue weighted by Crippen LogP contribution is 2.25. The van der Waals surface area contributed by atoms with Gasteiger partial charge in [-0.25, -0.2) is 4.79 Å². The third kappa shape index (κ3) is 3.89. The molecule has 0 saturated carbocycles. The summed E-state index contributed by atoms with van der Waals surface area (Å²) in [7, 11) is 0. The van der Waals surface area contributed by atoms with Crippen LogP contribution < -0.4 is 16.0 Å². The molecule has 0 aromatic heterocycles. The van der Waals surface area contributed by atoms with Gasteiger partial charge >= 0.3 is 6.03 Å². The highest BCUT2D eigenvalue weighted by Gasteiger charge is 2.31. The van der Waals surface area contributed by atoms with Gasteiger partial charge in [0, 0.05) is 37.4 Å². The van der Waals surface area contributed by atoms with E-state index in [2.05, 4.69) is 24.1 Å². The summed E-state index contributed by atoms with van der Waals surface area (Å²) < 4.78 is 0. The third-order valence-corrected chi connectivity index (χ3v) is 5.40. The number of nitrogens with one attached hydrogen (secondary N) is 1. The number of urea groups is 1. The zero-order valence-electron chi connectivity index (χ0n) is 15.1. The Morgan fingerprint density at radius 2 is 1.88 bits per heavy atom. The van der Waals surface area contributed by atoms with Crippen molar-refractivity contribution in [1.82, 2.24) is 10.2 Å². The smallest absolute Gasteiger partial charge is 0.317 e. The molecule has 136 valence electrons. The minimum Gasteiger partial charge on any atom is -0.369 e. The topological polar surface area (TPSA) is 78.7 Å². The molecule has 0 radical (unpaired) electrons. The minimum absolute atomic E-state index is 0.0362. The summed E-state index contributed by atoms with van der Waals surface area (Å²) in [4.78, 5) is 28.4. The zero-order valence-corrected chi connectivity index (χ0v) is 15.1. The Kier molecular flexibility index (Phi) is 5.16. The standard InChI is InChI=1S/C19H28N4O2/c1-13-7-8-14(2)23(11-13)19(25)21-15-9-10-22(12-15)17-6-4-3-5-16(17)18(20)24/h3-6,13-15H,7-12H2,1-2H3,(H2,20,24)(H,21,25)/t13-,14-,15+/m1/s1. The highest BCUT2D eigenvalue weighted by molar-refractivity contribution is 5.98. The normalized spacial score (nSPS) is 26.6. The predicted octanol–water partition coefficient (Wildman–Crippen LogP) is 2.19. The fraction of sp³-hybridized carbons (Fsp3) is 0.579. The van der Waals surface area contributed by atoms with Crippen LogP contribution in [0, 0.1) is 5.92 Å². The Labute approximate surface area is 149 Å². The van der Waals surface area contributed by atoms with E-state index in [-0.39, 0.29) is 12.1 Å². The van der Waals surface area contributed by atoms with E-state index in [1.54, 1.807) is 6.07 Å². The maximum atomic E-state index is 12.7. The maximum Gasteiger partial charge on any atom is 0.317 e. The molecule has 1 aromatic carbocycles. The van der Waals surface area contributed by atoms with Crippen molar-refractivity contribution in [3.8, 4) is 0 Å². The lowest BCUT2D eigenvalue weighted by atomic mass is 9.95. The van der Waals surface area contributed by atoms with Crippen LogP contribution in [0.25, 0.3) is 0 Å². The molecule has 0 unspecified atom stereocenters. The van der Waals surface area contributed by atoms with Crippen molar-refractivity contribution >= 4 is 17.6 Å². The quantitative estimate of drug-likeness (QED) is 0.882. The summed E-state index contributed by atoms with van der Waals surface area (Å²) in [6, 6.07) is 7.82. The summed E-state index contributed by atoms with van der Waals surface area (Å²) in [6.45, 7) is 6.66. The summed E-state index contributed by atoms with van der Waals surface area (Å²) in [5, 5.41) is 3.18. The molecule has 0 aliphatic carbocycles. The summed E-state index contributed by atoms with van der Waals surface area (Å²) in [6.07, 6.45) is 3.13. The van der Waals surface area contributed by atoms with E-state index >= 15 is 0 Å². The van der Waals surface area contributed by atoms with Crippen LogP contribution in [0.2, 0.25) is 0 Å². The van der Waals surface area contributed by atoms with Gasteiger partial charge < -0.3 is 20.9 Å². The first kappa shape index (κ1) is 17.6. The average molecular weight is 344 g/mol. The highest BCUT2D eigenvalue weighted by atomic mass is 16.2. The van der Waals surface area contributed by atoms with Crippen molar-refractivity contribution in [2.24, 2.45) is 11.7 Å². The fourth-order valence-electron chi connectivity index (χ4n) is 3.88. The van der Waals surface area contributed by atoms with Crippen LogP contribution in [0.1, 0.15) is 43.5 Å². The third-order valence-electron chi connectivity index (χ3n) is 5.40. The number of nitrogens with two attached hydrogens (primary N) is 1. The van der Waals surface area contributed by atoms with Crippen molar-refractivity contribution in [2.45, 2.75) is 45.2 Å². The van der Waals surface area contributed by atoms with Crippen LogP contribution in [-0.4, -0.2) is 48.6 Å². The number of likely N-dealkylation sites (tertiary alicyclic amines) is 1. The van der Waals surface area contributed by atoms with Crippen molar-refractivity contribution in [3.63, 3.8) is 0 Å². The molecule has 25 heavy (non-hydrogen) atoms. The van der Waals surface area contributed by atoms with Gasteiger partial charge in [-0.15, -0.1) is 0 Å². The van der Waals surface area contributed by atoms with E-state index in [1.807, 2.05) is 23.1 Å². The van der Waals surface area contributed by atoms with Gasteiger partial charge in [-0.1, -0.05) is 19.1 Å². The van der Waals surface area contributed by atoms with Gasteiger partial charge in [0.2, 0.25) is 0 Å². The first-order chi connectivity index (χ1) is 12.0. The molecule has 1 aromatic rings. The number of amides is 3. The number of hydrogen-bond acceptors (Lipinski definition) is 3. The van der Waals surface area contributed by atoms with Gasteiger partial charge in [-0.05, 0) is 44.2 Å². The van der Waals surface area contributed by atoms with Crippen LogP contribution in [-0.2, 0) is 0 Å². The summed E-state index contributed by atoms with van der Waals surface area (Å²) >= 11 is 0. The second-order valence-electron chi connectivity index (χ2n) is 7.45. The van der Waals surface area contributed by atoms with Gasteiger partial charge in [0.1, 0.15) is 0 Å². The minimum atomic E-state index is -0.417. The molecule has 6 nitrogen and oxygen atoms in total. The van der Waals surface area contributed by atoms with Crippen LogP contribution in [0.5, 0.6) is 0 Å². The molecule has 0 spiro atoms. The molecule has 3 rings (SSSR count). The Hall–Kier alpha value is -2.24. The largest absolute Gasteiger partial charge is 0.369 e. The number of anilines is 1. The number of para-hydroxylation sites is 1. The van der Waals surface area contributed by atoms with Crippen LogP contribution in [0.3, 0.4) is 0 Å². The molecule has 3 N–H and O–H groups in total. The van der Waals surface area contributed by atoms with E-state index in [0.717, 1.165) is 31.6 Å². The lowest BCUT2D eigenvalue weighted by Gasteiger charge is -2.37. The van der Waals surface area contributed by atoms with E-state index in [4.69, 9.17) is 5.73 Å². The van der Waals surface area contributed by atoms with Crippen LogP contribution in [0.15, 0.2) is 24.3 Å². The molecule has 0 bridgehead atoms. The van der Waals surface area contributed by atoms with E-state index < -0.39 is 5.91 Å². The molecule has 2 saturated heterocycles. The number of carbonyl (C=O) groups is 2. The molecule has 2 aliphatic heterocycles. The molecule has 3 atom stereocenters. The average Bonchev–Trinajstić information content (AvgIpc) is 3.05. The second-order valence-corrected chi connectivity index (χ2v) is 7.45. The van der Waals surface area contributed by atoms with Gasteiger partial charge in [0.05, 0.1) is 5.56 Å². The van der Waals surface area contributed by atoms with Gasteiger partial charge in [0.25, 0.3) is 5.91 Å². The number of benzene rings is 1. The van der Waals surface area contributed by atoms with Crippen LogP contribution in [0.4, 0.5) is 10.5 Å². The number of rotatable bonds is 3. The van der Waals surface area contributed by atoms with Gasteiger partial charge in [-0.3, -0.25) is 4.79 Å². The van der Waals surface area contributed by atoms with E-state index in [9.17, 15) is 9.59 Å². The van der Waals surface area contributed by atoms with Gasteiger partial charge in [-0.2, -0.15) is 0 Å². The van der Waals surface area contributed by atoms with Crippen LogP contribution >= 0.6 is 0 Å². The van der Waals surface area contributed by atoms with E-state index in [0.29, 0.717) is 24.1 Å². The van der Waals surface area contributed by atoms with Crippen molar-refractivity contribution in [2.75, 3.05) is 24.5 Å². The second kappa shape index (κ2) is 7.33. The molecule has 2 fully saturated rings. The lowest BCUT2D eigenvalue weighted by molar-refractivity contribution is 0.100. The van der Waals surface area contributed by atoms with Gasteiger partial charge in [0.15, 0.2) is 0 Å². The van der Waals surface area contributed by atoms with E-state index in [1.165, 1.54) is 6.42 Å². The molecule has 2 heterocycles. The molecule has 2 aliphatic rings. The summed E-state index contributed by atoms with van der Waals surface area (Å²) in [5.74, 6) is 0.142. The Bertz CT molecular complexity index is 648. The number of primary amides is 1. The number of nitrogens with zero attached hydrogens (tertiary/aromatic N) is 2. The number of carbonyl (C=O) groups excluding carboxylic acids is 2. The Balaban J connectivity index is 1.62. The Morgan fingerprint density at radius 3 is 2.64 bits per heavy atom. The molecular formula is C19H28N4O2.